The molecule has 0 unspecified atom stereocenters. The van der Waals surface area contributed by atoms with Crippen LogP contribution in [0.1, 0.15) is 0 Å². The minimum atomic E-state index is -0.455. The van der Waals surface area contributed by atoms with Gasteiger partial charge in [0.1, 0.15) is 5.70 Å². The number of methoxy groups -OCH3 is 1. The van der Waals surface area contributed by atoms with Gasteiger partial charge in [0.25, 0.3) is 0 Å². The van der Waals surface area contributed by atoms with Crippen molar-refractivity contribution in [1.29, 1.82) is 0 Å². The van der Waals surface area contributed by atoms with Crippen molar-refractivity contribution < 1.29 is 9.53 Å². The molecule has 0 saturated heterocycles. The highest BCUT2D eigenvalue weighted by molar-refractivity contribution is 5.90. The van der Waals surface area contributed by atoms with Crippen LogP contribution in [-0.4, -0.2) is 13.1 Å². The zero-order valence-corrected chi connectivity index (χ0v) is 7.41. The highest BCUT2D eigenvalue weighted by Gasteiger charge is 2.05. The van der Waals surface area contributed by atoms with Crippen LogP contribution in [0.3, 0.4) is 0 Å². The first-order valence-electron chi connectivity index (χ1n) is 3.83. The average molecular weight is 177 g/mol. The molecule has 68 valence electrons. The van der Waals surface area contributed by atoms with Crippen molar-refractivity contribution in [3.8, 4) is 0 Å². The van der Waals surface area contributed by atoms with Gasteiger partial charge in [-0.15, -0.1) is 0 Å². The topological polar surface area (TPSA) is 38.3 Å². The minimum Gasteiger partial charge on any atom is -0.464 e. The Hall–Kier alpha value is -1.77. The second kappa shape index (κ2) is 4.30. The average Bonchev–Trinajstić information content (AvgIpc) is 2.18. The predicted molar refractivity (Wildman–Crippen MR) is 51.2 cm³/mol. The number of rotatable bonds is 3. The van der Waals surface area contributed by atoms with Crippen molar-refractivity contribution in [3.63, 3.8) is 0 Å². The third kappa shape index (κ3) is 2.63. The molecule has 0 spiro atoms. The van der Waals surface area contributed by atoms with Crippen LogP contribution in [0.15, 0.2) is 42.6 Å². The summed E-state index contributed by atoms with van der Waals surface area (Å²) in [6.45, 7) is 3.54. The molecule has 0 amide bonds. The molecule has 13 heavy (non-hydrogen) atoms. The van der Waals surface area contributed by atoms with E-state index in [1.807, 2.05) is 30.3 Å². The molecule has 0 atom stereocenters. The molecule has 3 heteroatoms. The van der Waals surface area contributed by atoms with E-state index in [-0.39, 0.29) is 5.70 Å². The van der Waals surface area contributed by atoms with E-state index in [0.29, 0.717) is 0 Å². The summed E-state index contributed by atoms with van der Waals surface area (Å²) in [6, 6.07) is 9.31. The molecule has 0 radical (unpaired) electrons. The molecule has 1 aromatic rings. The molecule has 0 fully saturated rings. The number of nitrogens with one attached hydrogen (secondary N) is 1. The van der Waals surface area contributed by atoms with Crippen LogP contribution in [0.4, 0.5) is 5.69 Å². The number of carbonyl (C=O) groups is 1. The van der Waals surface area contributed by atoms with Crippen LogP contribution in [0.2, 0.25) is 0 Å². The van der Waals surface area contributed by atoms with E-state index in [0.717, 1.165) is 5.69 Å². The molecule has 1 N–H and O–H groups in total. The van der Waals surface area contributed by atoms with Gasteiger partial charge < -0.3 is 10.1 Å². The van der Waals surface area contributed by atoms with Crippen molar-refractivity contribution in [1.82, 2.24) is 0 Å². The summed E-state index contributed by atoms with van der Waals surface area (Å²) in [7, 11) is 1.32. The third-order valence-electron chi connectivity index (χ3n) is 1.50. The second-order valence-corrected chi connectivity index (χ2v) is 2.46. The lowest BCUT2D eigenvalue weighted by atomic mass is 10.3. The fourth-order valence-electron chi connectivity index (χ4n) is 0.870. The van der Waals surface area contributed by atoms with Crippen molar-refractivity contribution in [2.24, 2.45) is 0 Å². The van der Waals surface area contributed by atoms with Crippen LogP contribution in [0.5, 0.6) is 0 Å². The third-order valence-corrected chi connectivity index (χ3v) is 1.50. The van der Waals surface area contributed by atoms with E-state index in [1.54, 1.807) is 0 Å². The Balaban J connectivity index is 2.60. The normalized spacial score (nSPS) is 9.00. The SMILES string of the molecule is C=C(Nc1ccccc1)C(=O)OC. The Morgan fingerprint density at radius 3 is 2.54 bits per heavy atom. The first-order chi connectivity index (χ1) is 6.24. The fraction of sp³-hybridized carbons (Fsp3) is 0.100. The van der Waals surface area contributed by atoms with Crippen molar-refractivity contribution >= 4 is 11.7 Å². The maximum Gasteiger partial charge on any atom is 0.353 e. The van der Waals surface area contributed by atoms with Gasteiger partial charge in [-0.1, -0.05) is 24.8 Å². The number of para-hydroxylation sites is 1. The Labute approximate surface area is 77.0 Å². The first kappa shape index (κ1) is 9.32. The first-order valence-corrected chi connectivity index (χ1v) is 3.83. The van der Waals surface area contributed by atoms with Gasteiger partial charge in [0.05, 0.1) is 7.11 Å². The molecule has 1 rings (SSSR count). The van der Waals surface area contributed by atoms with Crippen LogP contribution in [-0.2, 0) is 9.53 Å². The van der Waals surface area contributed by atoms with Crippen molar-refractivity contribution in [2.45, 2.75) is 0 Å². The van der Waals surface area contributed by atoms with E-state index in [1.165, 1.54) is 7.11 Å². The molecule has 0 saturated carbocycles. The van der Waals surface area contributed by atoms with Gasteiger partial charge in [-0.2, -0.15) is 0 Å². The lowest BCUT2D eigenvalue weighted by Gasteiger charge is -2.06. The highest BCUT2D eigenvalue weighted by atomic mass is 16.5. The van der Waals surface area contributed by atoms with Crippen molar-refractivity contribution in [2.75, 3.05) is 12.4 Å². The lowest BCUT2D eigenvalue weighted by Crippen LogP contribution is -2.11. The molecule has 0 bridgehead atoms. The highest BCUT2D eigenvalue weighted by Crippen LogP contribution is 2.08. The van der Waals surface area contributed by atoms with Gasteiger partial charge in [0.15, 0.2) is 0 Å². The van der Waals surface area contributed by atoms with Gasteiger partial charge in [-0.05, 0) is 12.1 Å². The van der Waals surface area contributed by atoms with Gasteiger partial charge >= 0.3 is 5.97 Å². The zero-order chi connectivity index (χ0) is 9.68. The molecular weight excluding hydrogens is 166 g/mol. The molecule has 0 heterocycles. The quantitative estimate of drug-likeness (QED) is 0.565. The summed E-state index contributed by atoms with van der Waals surface area (Å²) in [5, 5.41) is 2.82. The van der Waals surface area contributed by atoms with E-state index in [4.69, 9.17) is 0 Å². The number of carbonyl (C=O) groups excluding carboxylic acids is 1. The van der Waals surface area contributed by atoms with E-state index < -0.39 is 5.97 Å². The lowest BCUT2D eigenvalue weighted by molar-refractivity contribution is -0.135. The van der Waals surface area contributed by atoms with Crippen molar-refractivity contribution in [3.05, 3.63) is 42.6 Å². The predicted octanol–water partition coefficient (Wildman–Crippen LogP) is 1.79. The molecular formula is C10H11NO2. The molecule has 0 aliphatic rings. The number of ether oxygens (including phenoxy) is 1. The number of hydrogen-bond donors (Lipinski definition) is 1. The largest absolute Gasteiger partial charge is 0.464 e. The Morgan fingerprint density at radius 2 is 2.00 bits per heavy atom. The van der Waals surface area contributed by atoms with E-state index in [9.17, 15) is 4.79 Å². The monoisotopic (exact) mass is 177 g/mol. The van der Waals surface area contributed by atoms with Crippen LogP contribution in [0.25, 0.3) is 0 Å². The van der Waals surface area contributed by atoms with Crippen LogP contribution >= 0.6 is 0 Å². The van der Waals surface area contributed by atoms with Gasteiger partial charge in [-0.3, -0.25) is 0 Å². The molecule has 1 aromatic carbocycles. The Morgan fingerprint density at radius 1 is 1.38 bits per heavy atom. The molecule has 0 aliphatic heterocycles. The minimum absolute atomic E-state index is 0.230. The number of esters is 1. The smallest absolute Gasteiger partial charge is 0.353 e. The Kier molecular flexibility index (Phi) is 3.09. The summed E-state index contributed by atoms with van der Waals surface area (Å²) >= 11 is 0. The standard InChI is InChI=1S/C10H11NO2/c1-8(10(12)13-2)11-9-6-4-3-5-7-9/h3-7,11H,1H2,2H3. The van der Waals surface area contributed by atoms with E-state index >= 15 is 0 Å². The number of hydrogen-bond acceptors (Lipinski definition) is 3. The summed E-state index contributed by atoms with van der Waals surface area (Å²) in [5.74, 6) is -0.455. The van der Waals surface area contributed by atoms with E-state index in [2.05, 4.69) is 16.6 Å². The molecule has 3 nitrogen and oxygen atoms in total. The number of anilines is 1. The zero-order valence-electron chi connectivity index (χ0n) is 7.41. The molecule has 0 aromatic heterocycles. The fourth-order valence-corrected chi connectivity index (χ4v) is 0.870. The summed E-state index contributed by atoms with van der Waals surface area (Å²) in [6.07, 6.45) is 0. The summed E-state index contributed by atoms with van der Waals surface area (Å²) in [5.41, 5.74) is 1.05. The van der Waals surface area contributed by atoms with Gasteiger partial charge in [0, 0.05) is 5.69 Å². The maximum atomic E-state index is 10.9. The maximum absolute atomic E-state index is 10.9. The second-order valence-electron chi connectivity index (χ2n) is 2.46. The van der Waals surface area contributed by atoms with Gasteiger partial charge in [-0.25, -0.2) is 4.79 Å². The summed E-state index contributed by atoms with van der Waals surface area (Å²) in [4.78, 5) is 10.9. The van der Waals surface area contributed by atoms with Crippen LogP contribution in [0, 0.1) is 0 Å². The summed E-state index contributed by atoms with van der Waals surface area (Å²) < 4.78 is 4.48. The van der Waals surface area contributed by atoms with Crippen LogP contribution < -0.4 is 5.32 Å². The molecule has 0 aliphatic carbocycles. The van der Waals surface area contributed by atoms with Gasteiger partial charge in [0.2, 0.25) is 0 Å². The Bertz CT molecular complexity index is 306. The number of benzene rings is 1.